The van der Waals surface area contributed by atoms with E-state index in [-0.39, 0.29) is 4.75 Å². The number of hydrogen-bond acceptors (Lipinski definition) is 5. The van der Waals surface area contributed by atoms with Crippen molar-refractivity contribution in [1.29, 1.82) is 5.26 Å². The molecule has 0 bridgehead atoms. The molecule has 0 aliphatic carbocycles. The zero-order chi connectivity index (χ0) is 13.2. The highest BCUT2D eigenvalue weighted by atomic mass is 32.2. The molecular formula is C12H14N4OS. The molecule has 0 unspecified atom stereocenters. The number of H-pyrrole nitrogens is 1. The minimum Gasteiger partial charge on any atom is -0.342 e. The number of rotatable bonds is 3. The summed E-state index contributed by atoms with van der Waals surface area (Å²) in [5.41, 5.74) is 1.15. The van der Waals surface area contributed by atoms with Crippen molar-refractivity contribution in [2.75, 3.05) is 0 Å². The average molecular weight is 262 g/mol. The molecule has 18 heavy (non-hydrogen) atoms. The van der Waals surface area contributed by atoms with Gasteiger partial charge in [0.25, 0.3) is 5.89 Å². The molecule has 0 atom stereocenters. The van der Waals surface area contributed by atoms with Crippen molar-refractivity contribution in [2.45, 2.75) is 31.3 Å². The van der Waals surface area contributed by atoms with Gasteiger partial charge in [-0.3, -0.25) is 0 Å². The number of nitrogens with one attached hydrogen (secondary N) is 1. The first-order valence-electron chi connectivity index (χ1n) is 5.54. The smallest absolute Gasteiger partial charge is 0.274 e. The predicted molar refractivity (Wildman–Crippen MR) is 69.8 cm³/mol. The lowest BCUT2D eigenvalue weighted by molar-refractivity contribution is 0.424. The van der Waals surface area contributed by atoms with Gasteiger partial charge >= 0.3 is 0 Å². The van der Waals surface area contributed by atoms with Crippen molar-refractivity contribution in [3.05, 3.63) is 23.7 Å². The number of hydrogen-bond donors (Lipinski definition) is 1. The molecule has 0 amide bonds. The fourth-order valence-electron chi connectivity index (χ4n) is 1.29. The summed E-state index contributed by atoms with van der Waals surface area (Å²) in [6, 6.07) is 5.46. The standard InChI is InChI=1S/C12H14N4OS/c1-12(2,3)18-7-10-15-11(17-16-10)9-5-4-8(6-13)14-9/h4-5,14H,7H2,1-3H3. The summed E-state index contributed by atoms with van der Waals surface area (Å²) in [6.45, 7) is 6.43. The lowest BCUT2D eigenvalue weighted by Gasteiger charge is -2.15. The Labute approximate surface area is 110 Å². The summed E-state index contributed by atoms with van der Waals surface area (Å²) in [5, 5.41) is 12.6. The van der Waals surface area contributed by atoms with Crippen LogP contribution in [0.25, 0.3) is 11.6 Å². The van der Waals surface area contributed by atoms with E-state index in [0.717, 1.165) is 0 Å². The second-order valence-electron chi connectivity index (χ2n) is 4.81. The Kier molecular flexibility index (Phi) is 3.43. The fourth-order valence-corrected chi connectivity index (χ4v) is 1.97. The molecule has 5 nitrogen and oxygen atoms in total. The van der Waals surface area contributed by atoms with E-state index in [1.807, 2.05) is 6.07 Å². The van der Waals surface area contributed by atoms with Crippen LogP contribution in [0.1, 0.15) is 32.3 Å². The molecule has 2 aromatic rings. The lowest BCUT2D eigenvalue weighted by atomic mass is 10.3. The van der Waals surface area contributed by atoms with Crippen LogP contribution < -0.4 is 0 Å². The zero-order valence-electron chi connectivity index (χ0n) is 10.5. The maximum Gasteiger partial charge on any atom is 0.274 e. The minimum atomic E-state index is 0.168. The van der Waals surface area contributed by atoms with Gasteiger partial charge in [0.15, 0.2) is 5.82 Å². The van der Waals surface area contributed by atoms with E-state index in [0.29, 0.717) is 28.9 Å². The molecule has 2 rings (SSSR count). The van der Waals surface area contributed by atoms with Gasteiger partial charge in [0.2, 0.25) is 0 Å². The molecule has 0 aromatic carbocycles. The molecule has 1 N–H and O–H groups in total. The van der Waals surface area contributed by atoms with Gasteiger partial charge in [-0.1, -0.05) is 25.9 Å². The maximum absolute atomic E-state index is 8.73. The third-order valence-electron chi connectivity index (χ3n) is 2.14. The molecule has 0 saturated heterocycles. The summed E-state index contributed by atoms with van der Waals surface area (Å²) in [4.78, 5) is 7.19. The van der Waals surface area contributed by atoms with Gasteiger partial charge in [0.1, 0.15) is 17.5 Å². The zero-order valence-corrected chi connectivity index (χ0v) is 11.3. The van der Waals surface area contributed by atoms with Crippen LogP contribution in [-0.2, 0) is 5.75 Å². The molecule has 0 aliphatic rings. The molecule has 94 valence electrons. The van der Waals surface area contributed by atoms with E-state index < -0.39 is 0 Å². The Morgan fingerprint density at radius 3 is 2.83 bits per heavy atom. The van der Waals surface area contributed by atoms with E-state index in [1.165, 1.54) is 0 Å². The van der Waals surface area contributed by atoms with Gasteiger partial charge in [-0.05, 0) is 12.1 Å². The van der Waals surface area contributed by atoms with E-state index in [1.54, 1.807) is 23.9 Å². The Hall–Kier alpha value is -1.74. The first-order valence-corrected chi connectivity index (χ1v) is 6.52. The van der Waals surface area contributed by atoms with Crippen LogP contribution in [0.15, 0.2) is 16.7 Å². The maximum atomic E-state index is 8.73. The molecule has 0 radical (unpaired) electrons. The summed E-state index contributed by atoms with van der Waals surface area (Å²) in [6.07, 6.45) is 0. The summed E-state index contributed by atoms with van der Waals surface area (Å²) in [5.74, 6) is 1.79. The third kappa shape index (κ3) is 3.14. The van der Waals surface area contributed by atoms with Crippen LogP contribution in [0.2, 0.25) is 0 Å². The van der Waals surface area contributed by atoms with Gasteiger partial charge in [-0.15, -0.1) is 11.8 Å². The number of nitrogens with zero attached hydrogens (tertiary/aromatic N) is 3. The van der Waals surface area contributed by atoms with Crippen molar-refractivity contribution < 1.29 is 4.52 Å². The van der Waals surface area contributed by atoms with Crippen LogP contribution in [0.3, 0.4) is 0 Å². The van der Waals surface area contributed by atoms with Crippen molar-refractivity contribution in [1.82, 2.24) is 15.1 Å². The number of thioether (sulfide) groups is 1. The molecule has 0 spiro atoms. The van der Waals surface area contributed by atoms with E-state index in [9.17, 15) is 0 Å². The van der Waals surface area contributed by atoms with Crippen molar-refractivity contribution in [2.24, 2.45) is 0 Å². The molecule has 0 saturated carbocycles. The van der Waals surface area contributed by atoms with Gasteiger partial charge in [0.05, 0.1) is 5.75 Å². The normalized spacial score (nSPS) is 11.4. The first-order chi connectivity index (χ1) is 8.48. The molecule has 0 aliphatic heterocycles. The Balaban J connectivity index is 2.09. The predicted octanol–water partition coefficient (Wildman–Crippen LogP) is 2.97. The van der Waals surface area contributed by atoms with E-state index >= 15 is 0 Å². The van der Waals surface area contributed by atoms with Gasteiger partial charge < -0.3 is 9.51 Å². The van der Waals surface area contributed by atoms with Gasteiger partial charge in [-0.2, -0.15) is 10.2 Å². The topological polar surface area (TPSA) is 78.5 Å². The van der Waals surface area contributed by atoms with Crippen molar-refractivity contribution in [3.63, 3.8) is 0 Å². The Morgan fingerprint density at radius 1 is 1.44 bits per heavy atom. The van der Waals surface area contributed by atoms with E-state index in [4.69, 9.17) is 9.78 Å². The fraction of sp³-hybridized carbons (Fsp3) is 0.417. The highest BCUT2D eigenvalue weighted by molar-refractivity contribution is 7.99. The largest absolute Gasteiger partial charge is 0.342 e. The number of nitriles is 1. The highest BCUT2D eigenvalue weighted by Crippen LogP contribution is 2.27. The van der Waals surface area contributed by atoms with Crippen molar-refractivity contribution >= 4 is 11.8 Å². The quantitative estimate of drug-likeness (QED) is 0.920. The summed E-state index contributed by atoms with van der Waals surface area (Å²) < 4.78 is 5.33. The van der Waals surface area contributed by atoms with Crippen LogP contribution in [-0.4, -0.2) is 19.9 Å². The summed E-state index contributed by atoms with van der Waals surface area (Å²) in [7, 11) is 0. The Morgan fingerprint density at radius 2 is 2.22 bits per heavy atom. The SMILES string of the molecule is CC(C)(C)SCc1noc(-c2ccc(C#N)[nH]2)n1. The number of aromatic amines is 1. The van der Waals surface area contributed by atoms with Crippen molar-refractivity contribution in [3.8, 4) is 17.7 Å². The lowest BCUT2D eigenvalue weighted by Crippen LogP contribution is -2.07. The molecule has 2 aromatic heterocycles. The van der Waals surface area contributed by atoms with Crippen LogP contribution in [0.5, 0.6) is 0 Å². The third-order valence-corrected chi connectivity index (χ3v) is 3.41. The van der Waals surface area contributed by atoms with E-state index in [2.05, 4.69) is 35.9 Å². The molecular weight excluding hydrogens is 248 g/mol. The monoisotopic (exact) mass is 262 g/mol. The average Bonchev–Trinajstić information content (AvgIpc) is 2.94. The number of aromatic nitrogens is 3. The minimum absolute atomic E-state index is 0.168. The molecule has 6 heteroatoms. The first kappa shape index (κ1) is 12.7. The van der Waals surface area contributed by atoms with Crippen LogP contribution >= 0.6 is 11.8 Å². The van der Waals surface area contributed by atoms with Crippen LogP contribution in [0, 0.1) is 11.3 Å². The summed E-state index contributed by atoms with van der Waals surface area (Å²) >= 11 is 1.76. The molecule has 0 fully saturated rings. The Bertz CT molecular complexity index is 573. The van der Waals surface area contributed by atoms with Gasteiger partial charge in [0, 0.05) is 4.75 Å². The van der Waals surface area contributed by atoms with Crippen LogP contribution in [0.4, 0.5) is 0 Å². The van der Waals surface area contributed by atoms with Gasteiger partial charge in [-0.25, -0.2) is 0 Å². The second kappa shape index (κ2) is 4.86. The second-order valence-corrected chi connectivity index (χ2v) is 6.62. The highest BCUT2D eigenvalue weighted by Gasteiger charge is 2.15. The molecule has 2 heterocycles.